The minimum Gasteiger partial charge on any atom is -0.355 e. The van der Waals surface area contributed by atoms with Gasteiger partial charge in [0.2, 0.25) is 5.91 Å². The average molecular weight is 186 g/mol. The highest BCUT2D eigenvalue weighted by molar-refractivity contribution is 5.81. The monoisotopic (exact) mass is 186 g/mol. The first-order valence-corrected chi connectivity index (χ1v) is 5.11. The molecule has 1 atom stereocenters. The van der Waals surface area contributed by atoms with Crippen LogP contribution in [0.5, 0.6) is 0 Å². The van der Waals surface area contributed by atoms with Gasteiger partial charge in [0, 0.05) is 12.6 Å². The van der Waals surface area contributed by atoms with Crippen LogP contribution in [0.2, 0.25) is 0 Å². The lowest BCUT2D eigenvalue weighted by molar-refractivity contribution is -0.122. The first-order chi connectivity index (χ1) is 6.07. The molecule has 0 aliphatic heterocycles. The van der Waals surface area contributed by atoms with E-state index in [-0.39, 0.29) is 11.9 Å². The molecule has 2 N–H and O–H groups in total. The van der Waals surface area contributed by atoms with Crippen LogP contribution in [0.15, 0.2) is 0 Å². The quantitative estimate of drug-likeness (QED) is 0.614. The second-order valence-electron chi connectivity index (χ2n) is 3.69. The SMILES string of the molecule is CCCCNC(=O)C(C)NC(C)C. The van der Waals surface area contributed by atoms with Crippen LogP contribution in [-0.4, -0.2) is 24.5 Å². The van der Waals surface area contributed by atoms with Crippen molar-refractivity contribution in [2.24, 2.45) is 0 Å². The van der Waals surface area contributed by atoms with Crippen LogP contribution in [0.4, 0.5) is 0 Å². The van der Waals surface area contributed by atoms with Gasteiger partial charge in [-0.2, -0.15) is 0 Å². The van der Waals surface area contributed by atoms with Crippen molar-refractivity contribution in [2.75, 3.05) is 6.54 Å². The Morgan fingerprint density at radius 2 is 1.92 bits per heavy atom. The van der Waals surface area contributed by atoms with Gasteiger partial charge in [-0.1, -0.05) is 27.2 Å². The topological polar surface area (TPSA) is 41.1 Å². The van der Waals surface area contributed by atoms with Crippen molar-refractivity contribution in [3.63, 3.8) is 0 Å². The van der Waals surface area contributed by atoms with Gasteiger partial charge in [-0.25, -0.2) is 0 Å². The van der Waals surface area contributed by atoms with Gasteiger partial charge in [0.05, 0.1) is 6.04 Å². The van der Waals surface area contributed by atoms with E-state index < -0.39 is 0 Å². The van der Waals surface area contributed by atoms with Gasteiger partial charge in [0.15, 0.2) is 0 Å². The van der Waals surface area contributed by atoms with E-state index in [0.717, 1.165) is 19.4 Å². The van der Waals surface area contributed by atoms with Crippen LogP contribution < -0.4 is 10.6 Å². The Bertz CT molecular complexity index is 146. The second-order valence-corrected chi connectivity index (χ2v) is 3.69. The number of carbonyl (C=O) groups excluding carboxylic acids is 1. The van der Waals surface area contributed by atoms with E-state index >= 15 is 0 Å². The molecule has 78 valence electrons. The Morgan fingerprint density at radius 3 is 2.38 bits per heavy atom. The minimum absolute atomic E-state index is 0.0862. The van der Waals surface area contributed by atoms with Crippen LogP contribution in [0.3, 0.4) is 0 Å². The van der Waals surface area contributed by atoms with Crippen molar-refractivity contribution in [1.29, 1.82) is 0 Å². The largest absolute Gasteiger partial charge is 0.355 e. The minimum atomic E-state index is -0.0862. The molecule has 0 bridgehead atoms. The summed E-state index contributed by atoms with van der Waals surface area (Å²) in [4.78, 5) is 11.4. The van der Waals surface area contributed by atoms with Crippen molar-refractivity contribution in [1.82, 2.24) is 10.6 Å². The van der Waals surface area contributed by atoms with E-state index in [1.54, 1.807) is 0 Å². The van der Waals surface area contributed by atoms with Gasteiger partial charge in [-0.05, 0) is 13.3 Å². The third-order valence-electron chi connectivity index (χ3n) is 1.81. The molecule has 0 heterocycles. The normalized spacial score (nSPS) is 13.0. The summed E-state index contributed by atoms with van der Waals surface area (Å²) in [6.45, 7) is 8.87. The summed E-state index contributed by atoms with van der Waals surface area (Å²) in [7, 11) is 0. The molecule has 1 unspecified atom stereocenters. The lowest BCUT2D eigenvalue weighted by Crippen LogP contribution is -2.45. The number of hydrogen-bond donors (Lipinski definition) is 2. The molecule has 0 saturated carbocycles. The molecule has 13 heavy (non-hydrogen) atoms. The summed E-state index contributed by atoms with van der Waals surface area (Å²) < 4.78 is 0. The number of unbranched alkanes of at least 4 members (excludes halogenated alkanes) is 1. The summed E-state index contributed by atoms with van der Waals surface area (Å²) in [5.41, 5.74) is 0. The van der Waals surface area contributed by atoms with Gasteiger partial charge >= 0.3 is 0 Å². The molecule has 0 rings (SSSR count). The highest BCUT2D eigenvalue weighted by atomic mass is 16.2. The van der Waals surface area contributed by atoms with Crippen LogP contribution in [0.25, 0.3) is 0 Å². The summed E-state index contributed by atoms with van der Waals surface area (Å²) in [6.07, 6.45) is 2.17. The highest BCUT2D eigenvalue weighted by Gasteiger charge is 2.11. The van der Waals surface area contributed by atoms with Crippen molar-refractivity contribution < 1.29 is 4.79 Å². The van der Waals surface area contributed by atoms with Crippen molar-refractivity contribution in [3.05, 3.63) is 0 Å². The number of hydrogen-bond acceptors (Lipinski definition) is 2. The van der Waals surface area contributed by atoms with E-state index in [2.05, 4.69) is 17.6 Å². The summed E-state index contributed by atoms with van der Waals surface area (Å²) in [5.74, 6) is 0.0992. The van der Waals surface area contributed by atoms with Crippen LogP contribution >= 0.6 is 0 Å². The summed E-state index contributed by atoms with van der Waals surface area (Å²) >= 11 is 0. The third kappa shape index (κ3) is 6.58. The van der Waals surface area contributed by atoms with Crippen LogP contribution in [0.1, 0.15) is 40.5 Å². The van der Waals surface area contributed by atoms with Gasteiger partial charge in [0.1, 0.15) is 0 Å². The average Bonchev–Trinajstić information content (AvgIpc) is 2.03. The maximum atomic E-state index is 11.4. The number of carbonyl (C=O) groups is 1. The second kappa shape index (κ2) is 6.89. The zero-order valence-corrected chi connectivity index (χ0v) is 9.18. The van der Waals surface area contributed by atoms with Gasteiger partial charge in [0.25, 0.3) is 0 Å². The molecule has 3 heteroatoms. The van der Waals surface area contributed by atoms with Crippen LogP contribution in [-0.2, 0) is 4.79 Å². The molecule has 1 amide bonds. The van der Waals surface area contributed by atoms with Crippen molar-refractivity contribution >= 4 is 5.91 Å². The molecule has 0 spiro atoms. The fraction of sp³-hybridized carbons (Fsp3) is 0.900. The van der Waals surface area contributed by atoms with Crippen molar-refractivity contribution in [2.45, 2.75) is 52.6 Å². The van der Waals surface area contributed by atoms with Gasteiger partial charge in [-0.3, -0.25) is 4.79 Å². The van der Waals surface area contributed by atoms with Gasteiger partial charge in [-0.15, -0.1) is 0 Å². The fourth-order valence-electron chi connectivity index (χ4n) is 1.12. The first kappa shape index (κ1) is 12.4. The smallest absolute Gasteiger partial charge is 0.236 e. The molecule has 0 fully saturated rings. The van der Waals surface area contributed by atoms with E-state index in [0.29, 0.717) is 6.04 Å². The molecule has 0 radical (unpaired) electrons. The first-order valence-electron chi connectivity index (χ1n) is 5.11. The molecule has 0 aromatic heterocycles. The number of amides is 1. The lowest BCUT2D eigenvalue weighted by Gasteiger charge is -2.16. The molecular formula is C10H22N2O. The molecule has 3 nitrogen and oxygen atoms in total. The Labute approximate surface area is 81.3 Å². The Balaban J connectivity index is 3.57. The zero-order chi connectivity index (χ0) is 10.3. The standard InChI is InChI=1S/C10H22N2O/c1-5-6-7-11-10(13)9(4)12-8(2)3/h8-9,12H,5-7H2,1-4H3,(H,11,13). The fourth-order valence-corrected chi connectivity index (χ4v) is 1.12. The Hall–Kier alpha value is -0.570. The summed E-state index contributed by atoms with van der Waals surface area (Å²) in [5, 5.41) is 6.04. The predicted molar refractivity (Wildman–Crippen MR) is 55.7 cm³/mol. The predicted octanol–water partition coefficient (Wildman–Crippen LogP) is 1.29. The van der Waals surface area contributed by atoms with E-state index in [1.165, 1.54) is 0 Å². The zero-order valence-electron chi connectivity index (χ0n) is 9.18. The molecule has 0 aliphatic carbocycles. The van der Waals surface area contributed by atoms with E-state index in [1.807, 2.05) is 20.8 Å². The maximum absolute atomic E-state index is 11.4. The van der Waals surface area contributed by atoms with Gasteiger partial charge < -0.3 is 10.6 Å². The van der Waals surface area contributed by atoms with E-state index in [9.17, 15) is 4.79 Å². The Kier molecular flexibility index (Phi) is 6.59. The third-order valence-corrected chi connectivity index (χ3v) is 1.81. The lowest BCUT2D eigenvalue weighted by atomic mass is 10.2. The molecule has 0 aromatic carbocycles. The number of rotatable bonds is 6. The van der Waals surface area contributed by atoms with E-state index in [4.69, 9.17) is 0 Å². The molecular weight excluding hydrogens is 164 g/mol. The van der Waals surface area contributed by atoms with Crippen molar-refractivity contribution in [3.8, 4) is 0 Å². The number of nitrogens with one attached hydrogen (secondary N) is 2. The summed E-state index contributed by atoms with van der Waals surface area (Å²) in [6, 6.07) is 0.267. The Morgan fingerprint density at radius 1 is 1.31 bits per heavy atom. The highest BCUT2D eigenvalue weighted by Crippen LogP contribution is 1.88. The molecule has 0 saturated heterocycles. The molecule has 0 aromatic rings. The maximum Gasteiger partial charge on any atom is 0.236 e. The molecule has 0 aliphatic rings. The van der Waals surface area contributed by atoms with Crippen LogP contribution in [0, 0.1) is 0 Å².